The molecule has 1 fully saturated rings. The maximum absolute atomic E-state index is 5.24. The number of ether oxygens (including phenoxy) is 1. The van der Waals surface area contributed by atoms with Crippen molar-refractivity contribution in [1.82, 2.24) is 9.91 Å². The molecule has 0 saturated carbocycles. The molecule has 0 radical (unpaired) electrons. The fourth-order valence-electron chi connectivity index (χ4n) is 1.18. The Morgan fingerprint density at radius 2 is 2.17 bits per heavy atom. The topological polar surface area (TPSA) is 28.1 Å². The molecule has 0 aromatic carbocycles. The second-order valence-electron chi connectivity index (χ2n) is 2.98. The Labute approximate surface area is 73.8 Å². The first-order valence-corrected chi connectivity index (χ1v) is 4.31. The van der Waals surface area contributed by atoms with E-state index in [2.05, 4.69) is 16.7 Å². The monoisotopic (exact) mass is 171 g/mol. The van der Waals surface area contributed by atoms with Crippen molar-refractivity contribution < 1.29 is 4.74 Å². The molecule has 70 valence electrons. The molecule has 0 N–H and O–H groups in total. The molecule has 1 aliphatic rings. The van der Waals surface area contributed by atoms with Gasteiger partial charge < -0.3 is 4.74 Å². The van der Waals surface area contributed by atoms with Crippen molar-refractivity contribution in [3.05, 3.63) is 0 Å². The van der Waals surface area contributed by atoms with E-state index in [9.17, 15) is 0 Å². The molecular weight excluding hydrogens is 154 g/mol. The SMILES string of the molecule is C=NN(C)CCN1CCOCC1. The number of hydrogen-bond acceptors (Lipinski definition) is 4. The lowest BCUT2D eigenvalue weighted by molar-refractivity contribution is 0.0346. The van der Waals surface area contributed by atoms with Gasteiger partial charge in [0.2, 0.25) is 0 Å². The van der Waals surface area contributed by atoms with Crippen LogP contribution in [0.1, 0.15) is 0 Å². The van der Waals surface area contributed by atoms with Gasteiger partial charge in [0.05, 0.1) is 13.2 Å². The van der Waals surface area contributed by atoms with Crippen LogP contribution in [0.25, 0.3) is 0 Å². The van der Waals surface area contributed by atoms with Gasteiger partial charge in [0.15, 0.2) is 0 Å². The van der Waals surface area contributed by atoms with Gasteiger partial charge in [0.25, 0.3) is 0 Å². The average Bonchev–Trinajstić information content (AvgIpc) is 2.16. The van der Waals surface area contributed by atoms with Gasteiger partial charge >= 0.3 is 0 Å². The molecule has 0 aliphatic carbocycles. The van der Waals surface area contributed by atoms with Gasteiger partial charge in [-0.25, -0.2) is 0 Å². The second kappa shape index (κ2) is 5.11. The van der Waals surface area contributed by atoms with Crippen molar-refractivity contribution in [2.75, 3.05) is 46.4 Å². The average molecular weight is 171 g/mol. The van der Waals surface area contributed by atoms with E-state index in [0.29, 0.717) is 0 Å². The van der Waals surface area contributed by atoms with E-state index in [-0.39, 0.29) is 0 Å². The first kappa shape index (κ1) is 9.48. The molecule has 0 atom stereocenters. The molecular formula is C8H17N3O. The molecule has 0 aromatic rings. The number of hydrogen-bond donors (Lipinski definition) is 0. The van der Waals surface area contributed by atoms with Gasteiger partial charge in [0.1, 0.15) is 0 Å². The summed E-state index contributed by atoms with van der Waals surface area (Å²) >= 11 is 0. The summed E-state index contributed by atoms with van der Waals surface area (Å²) in [4.78, 5) is 2.38. The van der Waals surface area contributed by atoms with Crippen LogP contribution in [0.2, 0.25) is 0 Å². The minimum atomic E-state index is 0.866. The number of morpholine rings is 1. The van der Waals surface area contributed by atoms with Gasteiger partial charge in [-0.2, -0.15) is 5.10 Å². The second-order valence-corrected chi connectivity index (χ2v) is 2.98. The lowest BCUT2D eigenvalue weighted by Crippen LogP contribution is -2.39. The summed E-state index contributed by atoms with van der Waals surface area (Å²) < 4.78 is 5.24. The molecule has 0 amide bonds. The summed E-state index contributed by atoms with van der Waals surface area (Å²) in [5.74, 6) is 0. The fraction of sp³-hybridized carbons (Fsp3) is 0.875. The zero-order chi connectivity index (χ0) is 8.81. The van der Waals surface area contributed by atoms with Crippen LogP contribution in [0, 0.1) is 0 Å². The third-order valence-electron chi connectivity index (χ3n) is 2.08. The highest BCUT2D eigenvalue weighted by molar-refractivity contribution is 5.22. The summed E-state index contributed by atoms with van der Waals surface area (Å²) in [7, 11) is 1.94. The molecule has 1 heterocycles. The normalized spacial score (nSPS) is 19.1. The predicted molar refractivity (Wildman–Crippen MR) is 49.4 cm³/mol. The van der Waals surface area contributed by atoms with Crippen LogP contribution in [-0.4, -0.2) is 63.1 Å². The Morgan fingerprint density at radius 3 is 2.75 bits per heavy atom. The summed E-state index contributed by atoms with van der Waals surface area (Å²) in [6.45, 7) is 9.29. The van der Waals surface area contributed by atoms with Crippen molar-refractivity contribution in [1.29, 1.82) is 0 Å². The van der Waals surface area contributed by atoms with Crippen LogP contribution < -0.4 is 0 Å². The zero-order valence-corrected chi connectivity index (χ0v) is 7.70. The quantitative estimate of drug-likeness (QED) is 0.435. The van der Waals surface area contributed by atoms with Crippen LogP contribution in [0.3, 0.4) is 0 Å². The highest BCUT2D eigenvalue weighted by atomic mass is 16.5. The van der Waals surface area contributed by atoms with E-state index in [0.717, 1.165) is 39.4 Å². The lowest BCUT2D eigenvalue weighted by Gasteiger charge is -2.27. The molecule has 4 heteroatoms. The zero-order valence-electron chi connectivity index (χ0n) is 7.70. The van der Waals surface area contributed by atoms with E-state index >= 15 is 0 Å². The molecule has 0 spiro atoms. The summed E-state index contributed by atoms with van der Waals surface area (Å²) in [5, 5.41) is 5.65. The van der Waals surface area contributed by atoms with Gasteiger partial charge in [-0.3, -0.25) is 9.91 Å². The van der Waals surface area contributed by atoms with Gasteiger partial charge in [-0.1, -0.05) is 0 Å². The number of rotatable bonds is 4. The van der Waals surface area contributed by atoms with Crippen LogP contribution in [-0.2, 0) is 4.74 Å². The maximum atomic E-state index is 5.24. The molecule has 12 heavy (non-hydrogen) atoms. The van der Waals surface area contributed by atoms with Crippen molar-refractivity contribution in [2.45, 2.75) is 0 Å². The standard InChI is InChI=1S/C8H17N3O/c1-9-10(2)3-4-11-5-7-12-8-6-11/h1,3-8H2,2H3. The predicted octanol–water partition coefficient (Wildman–Crippen LogP) is -0.134. The van der Waals surface area contributed by atoms with E-state index in [1.54, 1.807) is 0 Å². The molecule has 1 rings (SSSR count). The number of hydrazone groups is 1. The van der Waals surface area contributed by atoms with Crippen LogP contribution in [0.4, 0.5) is 0 Å². The largest absolute Gasteiger partial charge is 0.379 e. The van der Waals surface area contributed by atoms with Crippen LogP contribution in [0.5, 0.6) is 0 Å². The van der Waals surface area contributed by atoms with Gasteiger partial charge in [-0.05, 0) is 0 Å². The summed E-state index contributed by atoms with van der Waals surface area (Å²) in [6, 6.07) is 0. The van der Waals surface area contributed by atoms with Crippen molar-refractivity contribution in [3.8, 4) is 0 Å². The first-order chi connectivity index (χ1) is 5.83. The van der Waals surface area contributed by atoms with Gasteiger partial charge in [-0.15, -0.1) is 0 Å². The van der Waals surface area contributed by atoms with Gasteiger partial charge in [0, 0.05) is 39.9 Å². The maximum Gasteiger partial charge on any atom is 0.0594 e. The number of likely N-dealkylation sites (N-methyl/N-ethyl adjacent to an activating group) is 1. The smallest absolute Gasteiger partial charge is 0.0594 e. The summed E-state index contributed by atoms with van der Waals surface area (Å²) in [5.41, 5.74) is 0. The van der Waals surface area contributed by atoms with E-state index in [4.69, 9.17) is 4.74 Å². The van der Waals surface area contributed by atoms with Crippen molar-refractivity contribution in [2.24, 2.45) is 5.10 Å². The Balaban J connectivity index is 2.08. The highest BCUT2D eigenvalue weighted by Gasteiger charge is 2.09. The third-order valence-corrected chi connectivity index (χ3v) is 2.08. The van der Waals surface area contributed by atoms with Crippen molar-refractivity contribution >= 4 is 6.72 Å². The Bertz CT molecular complexity index is 134. The highest BCUT2D eigenvalue weighted by Crippen LogP contribution is 1.96. The molecule has 0 aromatic heterocycles. The molecule has 4 nitrogen and oxygen atoms in total. The van der Waals surface area contributed by atoms with Crippen LogP contribution >= 0.6 is 0 Å². The van der Waals surface area contributed by atoms with Crippen molar-refractivity contribution in [3.63, 3.8) is 0 Å². The minimum absolute atomic E-state index is 0.866. The Kier molecular flexibility index (Phi) is 4.04. The third kappa shape index (κ3) is 3.19. The lowest BCUT2D eigenvalue weighted by atomic mass is 10.4. The molecule has 0 bridgehead atoms. The molecule has 1 saturated heterocycles. The molecule has 1 aliphatic heterocycles. The molecule has 0 unspecified atom stereocenters. The van der Waals surface area contributed by atoms with Crippen LogP contribution in [0.15, 0.2) is 5.10 Å². The number of nitrogens with zero attached hydrogens (tertiary/aromatic N) is 3. The minimum Gasteiger partial charge on any atom is -0.379 e. The van der Waals surface area contributed by atoms with E-state index in [1.807, 2.05) is 12.1 Å². The van der Waals surface area contributed by atoms with E-state index in [1.165, 1.54) is 0 Å². The Hall–Kier alpha value is -0.610. The first-order valence-electron chi connectivity index (χ1n) is 4.31. The Morgan fingerprint density at radius 1 is 1.50 bits per heavy atom. The summed E-state index contributed by atoms with van der Waals surface area (Å²) in [6.07, 6.45) is 0. The fourth-order valence-corrected chi connectivity index (χ4v) is 1.18. The van der Waals surface area contributed by atoms with E-state index < -0.39 is 0 Å².